The van der Waals surface area contributed by atoms with Crippen molar-refractivity contribution in [2.75, 3.05) is 0 Å². The van der Waals surface area contributed by atoms with E-state index in [2.05, 4.69) is 4.99 Å². The molecule has 0 atom stereocenters. The Labute approximate surface area is 82.8 Å². The highest BCUT2D eigenvalue weighted by Crippen LogP contribution is 1.99. The van der Waals surface area contributed by atoms with Gasteiger partial charge in [0.1, 0.15) is 0 Å². The fraction of sp³-hybridized carbons (Fsp3) is 0.125. The molecule has 0 aliphatic rings. The number of guanidine groups is 1. The summed E-state index contributed by atoms with van der Waals surface area (Å²) in [5, 5.41) is 8.31. The molecule has 0 heterocycles. The summed E-state index contributed by atoms with van der Waals surface area (Å²) in [5.41, 5.74) is 8.02. The number of nitrogens with zero attached hydrogens (tertiary/aromatic N) is 1. The lowest BCUT2D eigenvalue weighted by Gasteiger charge is -1.97. The van der Waals surface area contributed by atoms with Crippen LogP contribution in [0.3, 0.4) is 0 Å². The van der Waals surface area contributed by atoms with Crippen molar-refractivity contribution in [1.82, 2.24) is 5.48 Å². The van der Waals surface area contributed by atoms with Crippen molar-refractivity contribution in [2.24, 2.45) is 10.7 Å². The lowest BCUT2D eigenvalue weighted by Crippen LogP contribution is -2.28. The van der Waals surface area contributed by atoms with Crippen LogP contribution in [0.5, 0.6) is 0 Å². The molecule has 1 aromatic rings. The fourth-order valence-corrected chi connectivity index (χ4v) is 0.795. The van der Waals surface area contributed by atoms with Gasteiger partial charge in [0, 0.05) is 0 Å². The number of aliphatic imine (C=N–C) groups is 1. The number of hydroxylamine groups is 1. The Morgan fingerprint density at radius 3 is 2.54 bits per heavy atom. The summed E-state index contributed by atoms with van der Waals surface area (Å²) < 4.78 is 0. The molecule has 0 saturated heterocycles. The summed E-state index contributed by atoms with van der Waals surface area (Å²) in [6, 6.07) is 9.66. The second-order valence-electron chi connectivity index (χ2n) is 2.30. The smallest absolute Gasteiger partial charge is 0.213 e. The number of nitrogens with one attached hydrogen (secondary N) is 1. The first kappa shape index (κ1) is 11.7. The molecule has 0 fully saturated rings. The number of hydrogen-bond acceptors (Lipinski definition) is 2. The van der Waals surface area contributed by atoms with Gasteiger partial charge in [-0.1, -0.05) is 30.3 Å². The van der Waals surface area contributed by atoms with Gasteiger partial charge in [0.05, 0.1) is 6.54 Å². The Balaban J connectivity index is 0.00000144. The van der Waals surface area contributed by atoms with Gasteiger partial charge in [-0.15, -0.1) is 12.4 Å². The number of hydrogen-bond donors (Lipinski definition) is 3. The Bertz CT molecular complexity index is 263. The topological polar surface area (TPSA) is 70.6 Å². The van der Waals surface area contributed by atoms with Crippen molar-refractivity contribution in [3.63, 3.8) is 0 Å². The highest BCUT2D eigenvalue weighted by Gasteiger charge is 1.88. The average molecular weight is 202 g/mol. The van der Waals surface area contributed by atoms with E-state index in [4.69, 9.17) is 10.9 Å². The molecule has 1 aromatic carbocycles. The predicted molar refractivity (Wildman–Crippen MR) is 53.9 cm³/mol. The van der Waals surface area contributed by atoms with E-state index in [1.165, 1.54) is 0 Å². The molecule has 0 aliphatic carbocycles. The zero-order chi connectivity index (χ0) is 8.81. The SMILES string of the molecule is Cl.NC(=NCc1ccccc1)NO. The predicted octanol–water partition coefficient (Wildman–Crippen LogP) is 0.902. The van der Waals surface area contributed by atoms with Crippen LogP contribution < -0.4 is 11.2 Å². The van der Waals surface area contributed by atoms with Crippen LogP contribution in [0.4, 0.5) is 0 Å². The maximum Gasteiger partial charge on any atom is 0.213 e. The van der Waals surface area contributed by atoms with E-state index in [1.807, 2.05) is 30.3 Å². The lowest BCUT2D eigenvalue weighted by molar-refractivity contribution is 0.232. The van der Waals surface area contributed by atoms with Crippen molar-refractivity contribution >= 4 is 18.4 Å². The van der Waals surface area contributed by atoms with Crippen LogP contribution in [-0.2, 0) is 6.54 Å². The fourth-order valence-electron chi connectivity index (χ4n) is 0.795. The molecule has 0 radical (unpaired) electrons. The van der Waals surface area contributed by atoms with Crippen molar-refractivity contribution in [3.05, 3.63) is 35.9 Å². The minimum Gasteiger partial charge on any atom is -0.368 e. The van der Waals surface area contributed by atoms with E-state index in [-0.39, 0.29) is 18.4 Å². The molecule has 5 heteroatoms. The summed E-state index contributed by atoms with van der Waals surface area (Å²) >= 11 is 0. The van der Waals surface area contributed by atoms with E-state index in [0.29, 0.717) is 6.54 Å². The quantitative estimate of drug-likeness (QED) is 0.378. The minimum absolute atomic E-state index is 0. The zero-order valence-corrected chi connectivity index (χ0v) is 7.79. The van der Waals surface area contributed by atoms with Crippen LogP contribution in [0.1, 0.15) is 5.56 Å². The Kier molecular flexibility index (Phi) is 5.67. The van der Waals surface area contributed by atoms with Gasteiger partial charge in [0.15, 0.2) is 0 Å². The standard InChI is InChI=1S/C8H11N3O.ClH/c9-8(11-12)10-6-7-4-2-1-3-5-7;/h1-5,12H,6H2,(H3,9,10,11);1H. The molecule has 72 valence electrons. The second kappa shape index (κ2) is 6.28. The zero-order valence-electron chi connectivity index (χ0n) is 6.97. The molecule has 13 heavy (non-hydrogen) atoms. The average Bonchev–Trinajstić information content (AvgIpc) is 2.16. The van der Waals surface area contributed by atoms with E-state index in [0.717, 1.165) is 5.56 Å². The number of nitrogens with two attached hydrogens (primary N) is 1. The number of rotatable bonds is 2. The van der Waals surface area contributed by atoms with Gasteiger partial charge < -0.3 is 5.73 Å². The van der Waals surface area contributed by atoms with Crippen LogP contribution in [0.15, 0.2) is 35.3 Å². The minimum atomic E-state index is 0. The Hall–Kier alpha value is -1.26. The van der Waals surface area contributed by atoms with Crippen molar-refractivity contribution < 1.29 is 5.21 Å². The lowest BCUT2D eigenvalue weighted by atomic mass is 10.2. The van der Waals surface area contributed by atoms with Crippen molar-refractivity contribution in [2.45, 2.75) is 6.54 Å². The van der Waals surface area contributed by atoms with Gasteiger partial charge in [-0.2, -0.15) is 0 Å². The van der Waals surface area contributed by atoms with Crippen LogP contribution in [0, 0.1) is 0 Å². The molecule has 4 nitrogen and oxygen atoms in total. The van der Waals surface area contributed by atoms with E-state index < -0.39 is 0 Å². The van der Waals surface area contributed by atoms with Crippen LogP contribution in [-0.4, -0.2) is 11.2 Å². The van der Waals surface area contributed by atoms with Crippen molar-refractivity contribution in [3.8, 4) is 0 Å². The summed E-state index contributed by atoms with van der Waals surface area (Å²) in [7, 11) is 0. The third kappa shape index (κ3) is 4.35. The normalized spacial score (nSPS) is 10.4. The summed E-state index contributed by atoms with van der Waals surface area (Å²) in [6.45, 7) is 0.472. The number of halogens is 1. The summed E-state index contributed by atoms with van der Waals surface area (Å²) in [6.07, 6.45) is 0. The first-order valence-electron chi connectivity index (χ1n) is 3.57. The summed E-state index contributed by atoms with van der Waals surface area (Å²) in [4.78, 5) is 3.85. The maximum absolute atomic E-state index is 8.31. The molecule has 0 unspecified atom stereocenters. The second-order valence-corrected chi connectivity index (χ2v) is 2.30. The third-order valence-corrected chi connectivity index (χ3v) is 1.39. The maximum atomic E-state index is 8.31. The van der Waals surface area contributed by atoms with E-state index in [9.17, 15) is 0 Å². The van der Waals surface area contributed by atoms with Gasteiger partial charge in [0.2, 0.25) is 5.96 Å². The van der Waals surface area contributed by atoms with Crippen molar-refractivity contribution in [1.29, 1.82) is 0 Å². The van der Waals surface area contributed by atoms with Gasteiger partial charge in [-0.05, 0) is 5.56 Å². The molecule has 0 aromatic heterocycles. The van der Waals surface area contributed by atoms with Crippen LogP contribution in [0.25, 0.3) is 0 Å². The first-order valence-corrected chi connectivity index (χ1v) is 3.57. The largest absolute Gasteiger partial charge is 0.368 e. The molecule has 0 amide bonds. The van der Waals surface area contributed by atoms with Gasteiger partial charge >= 0.3 is 0 Å². The molecule has 0 bridgehead atoms. The third-order valence-electron chi connectivity index (χ3n) is 1.39. The highest BCUT2D eigenvalue weighted by atomic mass is 35.5. The highest BCUT2D eigenvalue weighted by molar-refractivity contribution is 5.85. The molecule has 0 saturated carbocycles. The molecular weight excluding hydrogens is 190 g/mol. The molecule has 4 N–H and O–H groups in total. The van der Waals surface area contributed by atoms with E-state index in [1.54, 1.807) is 5.48 Å². The van der Waals surface area contributed by atoms with Crippen LogP contribution >= 0.6 is 12.4 Å². The molecular formula is C8H12ClN3O. The van der Waals surface area contributed by atoms with E-state index >= 15 is 0 Å². The van der Waals surface area contributed by atoms with Crippen LogP contribution in [0.2, 0.25) is 0 Å². The monoisotopic (exact) mass is 201 g/mol. The molecule has 0 aliphatic heterocycles. The molecule has 0 spiro atoms. The summed E-state index contributed by atoms with van der Waals surface area (Å²) in [5.74, 6) is 0.0267. The van der Waals surface area contributed by atoms with Gasteiger partial charge in [-0.25, -0.2) is 10.5 Å². The molecule has 1 rings (SSSR count). The van der Waals surface area contributed by atoms with Gasteiger partial charge in [-0.3, -0.25) is 5.21 Å². The Morgan fingerprint density at radius 2 is 2.00 bits per heavy atom. The first-order chi connectivity index (χ1) is 5.83. The Morgan fingerprint density at radius 1 is 1.38 bits per heavy atom. The van der Waals surface area contributed by atoms with Gasteiger partial charge in [0.25, 0.3) is 0 Å². The number of benzene rings is 1.